The Morgan fingerprint density at radius 2 is 1.68 bits per heavy atom. The molecule has 2 aromatic rings. The zero-order valence-corrected chi connectivity index (χ0v) is 13.8. The van der Waals surface area contributed by atoms with Gasteiger partial charge in [0, 0.05) is 0 Å². The topological polar surface area (TPSA) is 0 Å². The molecule has 0 aliphatic heterocycles. The van der Waals surface area contributed by atoms with Gasteiger partial charge in [-0.2, -0.15) is 0 Å². The lowest BCUT2D eigenvalue weighted by Crippen LogP contribution is -2.22. The lowest BCUT2D eigenvalue weighted by Gasteiger charge is -2.34. The van der Waals surface area contributed by atoms with E-state index in [1.807, 2.05) is 0 Å². The molecule has 0 nitrogen and oxygen atoms in total. The van der Waals surface area contributed by atoms with Crippen molar-refractivity contribution in [1.29, 1.82) is 0 Å². The minimum atomic E-state index is 0.761. The third-order valence-corrected chi connectivity index (χ3v) is 5.27. The van der Waals surface area contributed by atoms with E-state index in [0.29, 0.717) is 0 Å². The molecule has 0 unspecified atom stereocenters. The van der Waals surface area contributed by atoms with Crippen LogP contribution in [0.4, 0.5) is 0 Å². The average molecular weight is 292 g/mol. The first-order chi connectivity index (χ1) is 10.9. The molecular weight excluding hydrogens is 264 g/mol. The van der Waals surface area contributed by atoms with Crippen molar-refractivity contribution in [3.63, 3.8) is 0 Å². The van der Waals surface area contributed by atoms with Gasteiger partial charge in [0.05, 0.1) is 0 Å². The van der Waals surface area contributed by atoms with Gasteiger partial charge in [0.25, 0.3) is 0 Å². The fraction of sp³-hybridized carbons (Fsp3) is 0.455. The van der Waals surface area contributed by atoms with E-state index in [0.717, 1.165) is 11.8 Å². The van der Waals surface area contributed by atoms with Gasteiger partial charge in [-0.1, -0.05) is 80.8 Å². The molecule has 22 heavy (non-hydrogen) atoms. The number of hydrogen-bond acceptors (Lipinski definition) is 0. The molecule has 0 aromatic heterocycles. The van der Waals surface area contributed by atoms with Crippen LogP contribution in [0, 0.1) is 5.92 Å². The molecule has 0 saturated heterocycles. The zero-order valence-electron chi connectivity index (χ0n) is 13.8. The van der Waals surface area contributed by atoms with Gasteiger partial charge < -0.3 is 0 Å². The number of unbranched alkanes of at least 4 members (excludes halogenated alkanes) is 2. The van der Waals surface area contributed by atoms with Crippen LogP contribution >= 0.6 is 0 Å². The molecule has 0 bridgehead atoms. The van der Waals surface area contributed by atoms with Crippen molar-refractivity contribution in [3.05, 3.63) is 71.3 Å². The number of fused-ring (bicyclic) bond motifs is 1. The van der Waals surface area contributed by atoms with Crippen LogP contribution in [0.15, 0.2) is 54.6 Å². The number of benzene rings is 2. The van der Waals surface area contributed by atoms with E-state index < -0.39 is 0 Å². The van der Waals surface area contributed by atoms with E-state index >= 15 is 0 Å². The summed E-state index contributed by atoms with van der Waals surface area (Å²) in [6.45, 7) is 2.30. The zero-order chi connectivity index (χ0) is 15.2. The minimum Gasteiger partial charge on any atom is -0.0654 e. The first kappa shape index (κ1) is 15.3. The predicted octanol–water partition coefficient (Wildman–Crippen LogP) is 6.16. The van der Waals surface area contributed by atoms with Gasteiger partial charge in [0.15, 0.2) is 0 Å². The van der Waals surface area contributed by atoms with Crippen LogP contribution in [-0.2, 0) is 12.8 Å². The lowest BCUT2D eigenvalue weighted by atomic mass is 9.71. The van der Waals surface area contributed by atoms with Crippen LogP contribution in [0.5, 0.6) is 0 Å². The summed E-state index contributed by atoms with van der Waals surface area (Å²) in [6, 6.07) is 20.3. The molecule has 0 saturated carbocycles. The molecule has 0 N–H and O–H groups in total. The van der Waals surface area contributed by atoms with Gasteiger partial charge in [-0.25, -0.2) is 0 Å². The second-order valence-corrected chi connectivity index (χ2v) is 6.79. The van der Waals surface area contributed by atoms with E-state index in [1.54, 1.807) is 11.1 Å². The summed E-state index contributed by atoms with van der Waals surface area (Å²) in [5, 5.41) is 0. The van der Waals surface area contributed by atoms with Crippen molar-refractivity contribution >= 4 is 0 Å². The van der Waals surface area contributed by atoms with E-state index in [4.69, 9.17) is 0 Å². The third-order valence-electron chi connectivity index (χ3n) is 5.27. The van der Waals surface area contributed by atoms with Crippen molar-refractivity contribution in [1.82, 2.24) is 0 Å². The van der Waals surface area contributed by atoms with Crippen molar-refractivity contribution < 1.29 is 0 Å². The molecule has 0 heterocycles. The summed E-state index contributed by atoms with van der Waals surface area (Å²) in [4.78, 5) is 0. The number of aryl methyl sites for hydroxylation is 1. The summed E-state index contributed by atoms with van der Waals surface area (Å²) in [5.41, 5.74) is 4.76. The first-order valence-corrected chi connectivity index (χ1v) is 9.00. The molecule has 2 atom stereocenters. The number of hydrogen-bond donors (Lipinski definition) is 0. The molecule has 0 amide bonds. The molecule has 1 aliphatic carbocycles. The Kier molecular flexibility index (Phi) is 5.32. The van der Waals surface area contributed by atoms with E-state index in [9.17, 15) is 0 Å². The second kappa shape index (κ2) is 7.63. The Bertz CT molecular complexity index is 570. The van der Waals surface area contributed by atoms with Crippen LogP contribution in [0.25, 0.3) is 0 Å². The Morgan fingerprint density at radius 3 is 2.50 bits per heavy atom. The fourth-order valence-electron chi connectivity index (χ4n) is 4.09. The highest BCUT2D eigenvalue weighted by Gasteiger charge is 2.28. The van der Waals surface area contributed by atoms with Crippen molar-refractivity contribution in [2.24, 2.45) is 5.92 Å². The molecule has 3 rings (SSSR count). The SMILES string of the molecule is CCCCC[C@@H]1c2ccccc2CC[C@@H]1Cc1ccccc1. The summed E-state index contributed by atoms with van der Waals surface area (Å²) in [6.07, 6.45) is 9.28. The minimum absolute atomic E-state index is 0.761. The monoisotopic (exact) mass is 292 g/mol. The maximum Gasteiger partial charge on any atom is -0.0128 e. The van der Waals surface area contributed by atoms with Crippen LogP contribution < -0.4 is 0 Å². The predicted molar refractivity (Wildman–Crippen MR) is 95.3 cm³/mol. The smallest absolute Gasteiger partial charge is 0.0128 e. The molecule has 0 radical (unpaired) electrons. The maximum absolute atomic E-state index is 2.39. The second-order valence-electron chi connectivity index (χ2n) is 6.79. The van der Waals surface area contributed by atoms with Crippen LogP contribution in [0.3, 0.4) is 0 Å². The van der Waals surface area contributed by atoms with Crippen molar-refractivity contribution in [2.45, 2.75) is 57.8 Å². The van der Waals surface area contributed by atoms with E-state index in [2.05, 4.69) is 61.5 Å². The maximum atomic E-state index is 2.39. The highest BCUT2D eigenvalue weighted by molar-refractivity contribution is 5.34. The van der Waals surface area contributed by atoms with Crippen molar-refractivity contribution in [2.75, 3.05) is 0 Å². The van der Waals surface area contributed by atoms with Gasteiger partial charge in [-0.3, -0.25) is 0 Å². The standard InChI is InChI=1S/C22H28/c1-2-3-5-13-22-20(17-18-10-6-4-7-11-18)16-15-19-12-8-9-14-21(19)22/h4,6-12,14,20,22H,2-3,5,13,15-17H2,1H3/t20-,22+/m1/s1. The van der Waals surface area contributed by atoms with Gasteiger partial charge in [0.1, 0.15) is 0 Å². The summed E-state index contributed by atoms with van der Waals surface area (Å²) in [5.74, 6) is 1.57. The molecule has 0 heteroatoms. The third kappa shape index (κ3) is 3.61. The quantitative estimate of drug-likeness (QED) is 0.560. The summed E-state index contributed by atoms with van der Waals surface area (Å²) in [7, 11) is 0. The highest BCUT2D eigenvalue weighted by Crippen LogP contribution is 2.41. The Morgan fingerprint density at radius 1 is 0.909 bits per heavy atom. The van der Waals surface area contributed by atoms with E-state index in [-0.39, 0.29) is 0 Å². The van der Waals surface area contributed by atoms with Gasteiger partial charge in [-0.15, -0.1) is 0 Å². The lowest BCUT2D eigenvalue weighted by molar-refractivity contribution is 0.344. The Labute approximate surface area is 135 Å². The van der Waals surface area contributed by atoms with Gasteiger partial charge >= 0.3 is 0 Å². The molecular formula is C22H28. The summed E-state index contributed by atoms with van der Waals surface area (Å²) < 4.78 is 0. The van der Waals surface area contributed by atoms with E-state index in [1.165, 1.54) is 50.5 Å². The van der Waals surface area contributed by atoms with Crippen LogP contribution in [0.1, 0.15) is 61.6 Å². The molecule has 116 valence electrons. The Balaban J connectivity index is 1.79. The fourth-order valence-corrected chi connectivity index (χ4v) is 4.09. The first-order valence-electron chi connectivity index (χ1n) is 9.00. The number of rotatable bonds is 6. The molecule has 1 aliphatic rings. The highest BCUT2D eigenvalue weighted by atomic mass is 14.3. The molecule has 0 spiro atoms. The van der Waals surface area contributed by atoms with Crippen molar-refractivity contribution in [3.8, 4) is 0 Å². The van der Waals surface area contributed by atoms with Gasteiger partial charge in [0.2, 0.25) is 0 Å². The average Bonchev–Trinajstić information content (AvgIpc) is 2.57. The largest absolute Gasteiger partial charge is 0.0654 e. The van der Waals surface area contributed by atoms with Crippen LogP contribution in [-0.4, -0.2) is 0 Å². The normalized spacial score (nSPS) is 20.6. The van der Waals surface area contributed by atoms with Crippen LogP contribution in [0.2, 0.25) is 0 Å². The summed E-state index contributed by atoms with van der Waals surface area (Å²) >= 11 is 0. The van der Waals surface area contributed by atoms with Gasteiger partial charge in [-0.05, 0) is 54.2 Å². The molecule has 0 fully saturated rings. The Hall–Kier alpha value is -1.56. The molecule has 2 aromatic carbocycles.